The average Bonchev–Trinajstić information content (AvgIpc) is 3.34. The van der Waals surface area contributed by atoms with Crippen molar-refractivity contribution in [2.24, 2.45) is 0 Å². The maximum absolute atomic E-state index is 12.8. The zero-order valence-corrected chi connectivity index (χ0v) is 44.9. The van der Waals surface area contributed by atoms with E-state index in [9.17, 15) is 14.4 Å². The molecular formula is C62H108O6. The molecule has 0 saturated carbocycles. The monoisotopic (exact) mass is 949 g/mol. The van der Waals surface area contributed by atoms with Crippen LogP contribution in [0, 0.1) is 0 Å². The van der Waals surface area contributed by atoms with Gasteiger partial charge in [0.1, 0.15) is 13.2 Å². The molecule has 0 aliphatic carbocycles. The highest BCUT2D eigenvalue weighted by Gasteiger charge is 2.19. The van der Waals surface area contributed by atoms with E-state index in [1.54, 1.807) is 0 Å². The minimum Gasteiger partial charge on any atom is -0.462 e. The van der Waals surface area contributed by atoms with Crippen LogP contribution in [0.5, 0.6) is 0 Å². The lowest BCUT2D eigenvalue weighted by Gasteiger charge is -2.18. The number of allylic oxidation sites excluding steroid dienone is 12. The zero-order chi connectivity index (χ0) is 49.3. The average molecular weight is 950 g/mol. The van der Waals surface area contributed by atoms with Crippen LogP contribution in [0.2, 0.25) is 0 Å². The molecule has 0 amide bonds. The van der Waals surface area contributed by atoms with E-state index in [1.807, 2.05) is 6.08 Å². The SMILES string of the molecule is CC/C=C\C/C=C\C/C=C\C/C=C\CCC(=O)OCC(COC(=O)CCCCCCCCCCCCCCCCCCCCCCCCC)OC(=O)CCCCCCC/C=C\C/C=C\CCCC. The first-order valence-electron chi connectivity index (χ1n) is 28.9. The van der Waals surface area contributed by atoms with Crippen molar-refractivity contribution in [3.8, 4) is 0 Å². The second-order valence-corrected chi connectivity index (χ2v) is 19.2. The van der Waals surface area contributed by atoms with Crippen LogP contribution in [0.15, 0.2) is 72.9 Å². The lowest BCUT2D eigenvalue weighted by Crippen LogP contribution is -2.30. The van der Waals surface area contributed by atoms with E-state index in [0.717, 1.165) is 89.9 Å². The summed E-state index contributed by atoms with van der Waals surface area (Å²) in [5, 5.41) is 0. The van der Waals surface area contributed by atoms with Crippen molar-refractivity contribution in [1.82, 2.24) is 0 Å². The van der Waals surface area contributed by atoms with Gasteiger partial charge in [0.15, 0.2) is 6.10 Å². The standard InChI is InChI=1S/C62H108O6/c1-4-7-10-13-16-19-22-25-27-28-29-30-31-32-33-34-35-38-40-43-46-49-52-55-61(64)67-58-59(57-66-60(63)54-51-48-45-42-39-36-24-21-18-15-12-9-6-3)68-62(65)56-53-50-47-44-41-37-26-23-20-17-14-11-8-5-2/h9,12,14,17-18,21,23,26,36,39,45,48,59H,4-8,10-11,13,15-16,19-20,22,24-25,27-35,37-38,40-44,46-47,49-58H2,1-3H3/b12-9-,17-14-,21-18-,26-23-,39-36-,48-45-. The van der Waals surface area contributed by atoms with Gasteiger partial charge in [0.2, 0.25) is 0 Å². The predicted octanol–water partition coefficient (Wildman–Crippen LogP) is 19.4. The molecule has 1 atom stereocenters. The third kappa shape index (κ3) is 53.8. The van der Waals surface area contributed by atoms with Crippen LogP contribution in [0.25, 0.3) is 0 Å². The minimum atomic E-state index is -0.810. The summed E-state index contributed by atoms with van der Waals surface area (Å²) < 4.78 is 16.8. The number of hydrogen-bond acceptors (Lipinski definition) is 6. The molecule has 0 N–H and O–H groups in total. The first kappa shape index (κ1) is 64.8. The molecule has 6 heteroatoms. The maximum Gasteiger partial charge on any atom is 0.306 e. The first-order valence-corrected chi connectivity index (χ1v) is 28.9. The third-order valence-corrected chi connectivity index (χ3v) is 12.5. The van der Waals surface area contributed by atoms with Gasteiger partial charge < -0.3 is 14.2 Å². The molecule has 1 unspecified atom stereocenters. The van der Waals surface area contributed by atoms with Gasteiger partial charge in [-0.25, -0.2) is 0 Å². The van der Waals surface area contributed by atoms with Gasteiger partial charge in [0, 0.05) is 19.3 Å². The number of esters is 3. The number of carbonyl (C=O) groups excluding carboxylic acids is 3. The lowest BCUT2D eigenvalue weighted by molar-refractivity contribution is -0.166. The van der Waals surface area contributed by atoms with E-state index in [-0.39, 0.29) is 37.5 Å². The van der Waals surface area contributed by atoms with E-state index >= 15 is 0 Å². The molecule has 68 heavy (non-hydrogen) atoms. The minimum absolute atomic E-state index is 0.101. The van der Waals surface area contributed by atoms with Crippen molar-refractivity contribution >= 4 is 17.9 Å². The Bertz CT molecular complexity index is 1270. The molecular weight excluding hydrogens is 841 g/mol. The fraction of sp³-hybridized carbons (Fsp3) is 0.758. The number of hydrogen-bond donors (Lipinski definition) is 0. The van der Waals surface area contributed by atoms with Crippen molar-refractivity contribution < 1.29 is 28.6 Å². The molecule has 392 valence electrons. The molecule has 0 aliphatic heterocycles. The summed E-state index contributed by atoms with van der Waals surface area (Å²) >= 11 is 0. The number of carbonyl (C=O) groups is 3. The second-order valence-electron chi connectivity index (χ2n) is 19.2. The summed E-state index contributed by atoms with van der Waals surface area (Å²) in [7, 11) is 0. The number of ether oxygens (including phenoxy) is 3. The Kier molecular flexibility index (Phi) is 53.8. The smallest absolute Gasteiger partial charge is 0.306 e. The molecule has 0 bridgehead atoms. The van der Waals surface area contributed by atoms with Crippen molar-refractivity contribution in [2.75, 3.05) is 13.2 Å². The van der Waals surface area contributed by atoms with Gasteiger partial charge in [-0.1, -0.05) is 267 Å². The fourth-order valence-electron chi connectivity index (χ4n) is 8.12. The molecule has 0 spiro atoms. The van der Waals surface area contributed by atoms with Crippen molar-refractivity contribution in [2.45, 2.75) is 290 Å². The molecule has 0 saturated heterocycles. The quantitative estimate of drug-likeness (QED) is 0.0262. The highest BCUT2D eigenvalue weighted by molar-refractivity contribution is 5.71. The Labute approximate surface area is 421 Å². The Hall–Kier alpha value is -3.15. The first-order chi connectivity index (χ1) is 33.5. The Morgan fingerprint density at radius 3 is 1.03 bits per heavy atom. The molecule has 6 nitrogen and oxygen atoms in total. The number of rotatable bonds is 52. The molecule has 0 aromatic carbocycles. The summed E-state index contributed by atoms with van der Waals surface area (Å²) in [5.41, 5.74) is 0. The van der Waals surface area contributed by atoms with Crippen LogP contribution >= 0.6 is 0 Å². The summed E-state index contributed by atoms with van der Waals surface area (Å²) in [6.07, 6.45) is 72.1. The van der Waals surface area contributed by atoms with E-state index in [0.29, 0.717) is 19.3 Å². The lowest BCUT2D eigenvalue weighted by atomic mass is 10.0. The Morgan fingerprint density at radius 1 is 0.309 bits per heavy atom. The van der Waals surface area contributed by atoms with Crippen molar-refractivity contribution in [3.63, 3.8) is 0 Å². The maximum atomic E-state index is 12.8. The highest BCUT2D eigenvalue weighted by Crippen LogP contribution is 2.17. The largest absolute Gasteiger partial charge is 0.462 e. The van der Waals surface area contributed by atoms with Gasteiger partial charge in [-0.2, -0.15) is 0 Å². The molecule has 0 heterocycles. The number of unbranched alkanes of at least 4 members (excludes halogenated alkanes) is 29. The topological polar surface area (TPSA) is 78.9 Å². The van der Waals surface area contributed by atoms with Crippen LogP contribution < -0.4 is 0 Å². The van der Waals surface area contributed by atoms with E-state index in [4.69, 9.17) is 14.2 Å². The molecule has 0 radical (unpaired) electrons. The van der Waals surface area contributed by atoms with Gasteiger partial charge in [-0.3, -0.25) is 14.4 Å². The molecule has 0 fully saturated rings. The van der Waals surface area contributed by atoms with Crippen LogP contribution in [0.4, 0.5) is 0 Å². The summed E-state index contributed by atoms with van der Waals surface area (Å²) in [4.78, 5) is 38.1. The fourth-order valence-corrected chi connectivity index (χ4v) is 8.12. The van der Waals surface area contributed by atoms with E-state index in [1.165, 1.54) is 148 Å². The zero-order valence-electron chi connectivity index (χ0n) is 44.9. The highest BCUT2D eigenvalue weighted by atomic mass is 16.6. The van der Waals surface area contributed by atoms with Gasteiger partial charge in [0.05, 0.1) is 0 Å². The van der Waals surface area contributed by atoms with Crippen LogP contribution in [0.1, 0.15) is 284 Å². The normalized spacial score (nSPS) is 12.6. The summed E-state index contributed by atoms with van der Waals surface area (Å²) in [6, 6.07) is 0. The van der Waals surface area contributed by atoms with E-state index < -0.39 is 6.10 Å². The second kappa shape index (κ2) is 56.4. The van der Waals surface area contributed by atoms with Gasteiger partial charge >= 0.3 is 17.9 Å². The molecule has 0 aliphatic rings. The van der Waals surface area contributed by atoms with E-state index in [2.05, 4.69) is 87.6 Å². The summed E-state index contributed by atoms with van der Waals surface area (Å²) in [5.74, 6) is -0.992. The van der Waals surface area contributed by atoms with Crippen LogP contribution in [-0.2, 0) is 28.6 Å². The van der Waals surface area contributed by atoms with Gasteiger partial charge in [-0.05, 0) is 70.6 Å². The summed E-state index contributed by atoms with van der Waals surface area (Å²) in [6.45, 7) is 6.43. The molecule has 0 aromatic heterocycles. The van der Waals surface area contributed by atoms with Crippen molar-refractivity contribution in [1.29, 1.82) is 0 Å². The molecule has 0 aromatic rings. The van der Waals surface area contributed by atoms with Gasteiger partial charge in [-0.15, -0.1) is 0 Å². The molecule has 0 rings (SSSR count). The van der Waals surface area contributed by atoms with Crippen molar-refractivity contribution in [3.05, 3.63) is 72.9 Å². The van der Waals surface area contributed by atoms with Gasteiger partial charge in [0.25, 0.3) is 0 Å². The van der Waals surface area contributed by atoms with Crippen LogP contribution in [0.3, 0.4) is 0 Å². The third-order valence-electron chi connectivity index (χ3n) is 12.5. The Morgan fingerprint density at radius 2 is 0.618 bits per heavy atom. The van der Waals surface area contributed by atoms with Crippen LogP contribution in [-0.4, -0.2) is 37.2 Å². The predicted molar refractivity (Wildman–Crippen MR) is 293 cm³/mol. The Balaban J connectivity index is 4.32.